The van der Waals surface area contributed by atoms with Crippen LogP contribution in [0, 0.1) is 0 Å². The molecule has 0 radical (unpaired) electrons. The van der Waals surface area contributed by atoms with E-state index in [4.69, 9.17) is 4.74 Å². The van der Waals surface area contributed by atoms with Crippen LogP contribution in [0.25, 0.3) is 0 Å². The van der Waals surface area contributed by atoms with E-state index in [1.165, 1.54) is 6.34 Å². The maximum atomic E-state index is 14.3. The minimum absolute atomic E-state index is 0.0275. The Kier molecular flexibility index (Phi) is 5.56. The van der Waals surface area contributed by atoms with Crippen molar-refractivity contribution in [3.8, 4) is 5.75 Å². The third-order valence-corrected chi connectivity index (χ3v) is 4.60. The number of hydrogen-bond donors (Lipinski definition) is 1. The number of aliphatic hydroxyl groups is 1. The van der Waals surface area contributed by atoms with Crippen molar-refractivity contribution in [2.45, 2.75) is 31.4 Å². The van der Waals surface area contributed by atoms with Gasteiger partial charge in [0.15, 0.2) is 0 Å². The molecule has 1 N–H and O–H groups in total. The quantitative estimate of drug-likeness (QED) is 0.509. The molecular formula is C17H17F2IN4O3. The van der Waals surface area contributed by atoms with Crippen LogP contribution in [0.3, 0.4) is 0 Å². The number of hydrogen-bond acceptors (Lipinski definition) is 6. The van der Waals surface area contributed by atoms with Crippen LogP contribution in [-0.4, -0.2) is 56.6 Å². The molecule has 1 amide bonds. The predicted octanol–water partition coefficient (Wildman–Crippen LogP) is 2.61. The molecule has 0 aromatic heterocycles. The maximum absolute atomic E-state index is 14.3. The fourth-order valence-corrected chi connectivity index (χ4v) is 3.14. The van der Waals surface area contributed by atoms with Gasteiger partial charge in [-0.2, -0.15) is 10.1 Å². The molecule has 2 aliphatic rings. The highest BCUT2D eigenvalue weighted by atomic mass is 127. The molecule has 1 atom stereocenters. The van der Waals surface area contributed by atoms with E-state index in [-0.39, 0.29) is 17.8 Å². The highest BCUT2D eigenvalue weighted by Crippen LogP contribution is 2.40. The highest BCUT2D eigenvalue weighted by molar-refractivity contribution is 14.1. The van der Waals surface area contributed by atoms with Crippen molar-refractivity contribution in [2.75, 3.05) is 11.2 Å². The van der Waals surface area contributed by atoms with Gasteiger partial charge in [0.25, 0.3) is 11.8 Å². The normalized spacial score (nSPS) is 22.5. The van der Waals surface area contributed by atoms with Gasteiger partial charge in [-0.25, -0.2) is 13.8 Å². The summed E-state index contributed by atoms with van der Waals surface area (Å²) in [4.78, 5) is 20.4. The van der Waals surface area contributed by atoms with E-state index in [9.17, 15) is 18.7 Å². The number of alkyl halides is 3. The second-order valence-electron chi connectivity index (χ2n) is 6.17. The number of carbonyl (C=O) groups excluding carboxylic acids is 1. The number of benzene rings is 1. The topological polar surface area (TPSA) is 86.9 Å². The number of aliphatic imine (C=N–C) groups is 2. The van der Waals surface area contributed by atoms with Gasteiger partial charge < -0.3 is 9.84 Å². The van der Waals surface area contributed by atoms with E-state index < -0.39 is 24.0 Å². The van der Waals surface area contributed by atoms with Gasteiger partial charge in [0.2, 0.25) is 5.72 Å². The molecule has 2 heterocycles. The Morgan fingerprint density at radius 1 is 1.48 bits per heavy atom. The standard InChI is InChI=1S/C17H17F2IN4O3/c1-16(18,19)17(26)8-14(11-3-2-4-12(7-11)27-9-20)23-24(17)15(25)13-5-6-21-10-22-13/h2-4,7,10,26H,5-6,8-9H2,1H3. The van der Waals surface area contributed by atoms with Crippen molar-refractivity contribution >= 4 is 46.3 Å². The second kappa shape index (κ2) is 7.58. The number of amides is 1. The van der Waals surface area contributed by atoms with E-state index in [0.717, 1.165) is 0 Å². The Bertz CT molecular complexity index is 838. The number of rotatable bonds is 5. The zero-order chi connectivity index (χ0) is 19.7. The Morgan fingerprint density at radius 3 is 2.89 bits per heavy atom. The van der Waals surface area contributed by atoms with Gasteiger partial charge in [-0.05, 0) is 34.7 Å². The molecule has 10 heteroatoms. The lowest BCUT2D eigenvalue weighted by molar-refractivity contribution is -0.232. The fraction of sp³-hybridized carbons (Fsp3) is 0.412. The zero-order valence-corrected chi connectivity index (χ0v) is 16.6. The highest BCUT2D eigenvalue weighted by Gasteiger charge is 2.59. The number of ether oxygens (including phenoxy) is 1. The Morgan fingerprint density at radius 2 is 2.26 bits per heavy atom. The Hall–Kier alpha value is -1.95. The number of nitrogens with zero attached hydrogens (tertiary/aromatic N) is 4. The summed E-state index contributed by atoms with van der Waals surface area (Å²) in [7, 11) is 0. The Balaban J connectivity index is 1.99. The minimum atomic E-state index is -3.60. The van der Waals surface area contributed by atoms with Crippen LogP contribution in [0.4, 0.5) is 8.78 Å². The summed E-state index contributed by atoms with van der Waals surface area (Å²) in [6.45, 7) is 0.886. The van der Waals surface area contributed by atoms with E-state index in [0.29, 0.717) is 34.4 Å². The fourth-order valence-electron chi connectivity index (χ4n) is 2.78. The zero-order valence-electron chi connectivity index (χ0n) is 14.4. The smallest absolute Gasteiger partial charge is 0.294 e. The second-order valence-corrected chi connectivity index (χ2v) is 6.80. The van der Waals surface area contributed by atoms with Gasteiger partial charge in [-0.3, -0.25) is 9.79 Å². The van der Waals surface area contributed by atoms with Crippen LogP contribution >= 0.6 is 22.6 Å². The van der Waals surface area contributed by atoms with Crippen molar-refractivity contribution < 1.29 is 23.4 Å². The van der Waals surface area contributed by atoms with E-state index in [1.807, 2.05) is 22.6 Å². The average Bonchev–Trinajstić information content (AvgIpc) is 3.01. The van der Waals surface area contributed by atoms with Crippen molar-refractivity contribution in [3.63, 3.8) is 0 Å². The molecule has 0 fully saturated rings. The van der Waals surface area contributed by atoms with Crippen molar-refractivity contribution in [1.29, 1.82) is 0 Å². The van der Waals surface area contributed by atoms with Crippen LogP contribution in [0.5, 0.6) is 5.75 Å². The molecule has 2 aliphatic heterocycles. The first-order valence-electron chi connectivity index (χ1n) is 8.12. The van der Waals surface area contributed by atoms with Crippen LogP contribution < -0.4 is 4.74 Å². The lowest BCUT2D eigenvalue weighted by atomic mass is 9.96. The lowest BCUT2D eigenvalue weighted by Gasteiger charge is -2.35. The molecule has 7 nitrogen and oxygen atoms in total. The Labute approximate surface area is 168 Å². The van der Waals surface area contributed by atoms with Crippen LogP contribution in [0.15, 0.2) is 39.4 Å². The number of hydrazone groups is 1. The third-order valence-electron chi connectivity index (χ3n) is 4.29. The van der Waals surface area contributed by atoms with Gasteiger partial charge in [0.1, 0.15) is 22.4 Å². The summed E-state index contributed by atoms with van der Waals surface area (Å²) in [5.74, 6) is -3.93. The minimum Gasteiger partial charge on any atom is -0.483 e. The van der Waals surface area contributed by atoms with Crippen molar-refractivity contribution in [2.24, 2.45) is 15.1 Å². The molecule has 0 bridgehead atoms. The van der Waals surface area contributed by atoms with Gasteiger partial charge in [-0.15, -0.1) is 0 Å². The first-order chi connectivity index (χ1) is 12.8. The summed E-state index contributed by atoms with van der Waals surface area (Å²) >= 11 is 2.04. The van der Waals surface area contributed by atoms with Crippen LogP contribution in [-0.2, 0) is 4.79 Å². The number of halogens is 3. The molecule has 3 rings (SSSR count). The first-order valence-corrected chi connectivity index (χ1v) is 9.65. The van der Waals surface area contributed by atoms with Gasteiger partial charge in [0, 0.05) is 31.9 Å². The molecule has 27 heavy (non-hydrogen) atoms. The first kappa shape index (κ1) is 19.8. The van der Waals surface area contributed by atoms with Crippen molar-refractivity contribution in [3.05, 3.63) is 29.8 Å². The predicted molar refractivity (Wildman–Crippen MR) is 105 cm³/mol. The lowest BCUT2D eigenvalue weighted by Crippen LogP contribution is -2.58. The molecular weight excluding hydrogens is 473 g/mol. The van der Waals surface area contributed by atoms with E-state index >= 15 is 0 Å². The summed E-state index contributed by atoms with van der Waals surface area (Å²) in [5.41, 5.74) is -2.10. The molecule has 0 aliphatic carbocycles. The third kappa shape index (κ3) is 3.86. The average molecular weight is 490 g/mol. The summed E-state index contributed by atoms with van der Waals surface area (Å²) < 4.78 is 34.4. The molecule has 1 unspecified atom stereocenters. The van der Waals surface area contributed by atoms with Crippen LogP contribution in [0.1, 0.15) is 25.3 Å². The molecule has 0 spiro atoms. The van der Waals surface area contributed by atoms with Crippen molar-refractivity contribution in [1.82, 2.24) is 5.01 Å². The monoisotopic (exact) mass is 490 g/mol. The summed E-state index contributed by atoms with van der Waals surface area (Å²) in [6.07, 6.45) is 0.879. The number of carbonyl (C=O) groups is 1. The van der Waals surface area contributed by atoms with E-state index in [1.54, 1.807) is 24.3 Å². The molecule has 1 aromatic carbocycles. The molecule has 144 valence electrons. The van der Waals surface area contributed by atoms with E-state index in [2.05, 4.69) is 15.1 Å². The maximum Gasteiger partial charge on any atom is 0.294 e. The van der Waals surface area contributed by atoms with Gasteiger partial charge >= 0.3 is 0 Å². The molecule has 1 aromatic rings. The summed E-state index contributed by atoms with van der Waals surface area (Å²) in [5, 5.41) is 15.2. The van der Waals surface area contributed by atoms with Gasteiger partial charge in [-0.1, -0.05) is 12.1 Å². The SMILES string of the molecule is CC(F)(F)C1(O)CC(c2cccc(OCI)c2)=NN1C(=O)C1=NC=NCC1. The molecule has 0 saturated carbocycles. The van der Waals surface area contributed by atoms with Crippen LogP contribution in [0.2, 0.25) is 0 Å². The van der Waals surface area contributed by atoms with Gasteiger partial charge in [0.05, 0.1) is 5.71 Å². The molecule has 0 saturated heterocycles. The largest absolute Gasteiger partial charge is 0.483 e. The summed E-state index contributed by atoms with van der Waals surface area (Å²) in [6, 6.07) is 6.70.